The molecule has 0 aromatic carbocycles. The highest BCUT2D eigenvalue weighted by Crippen LogP contribution is 2.20. The Morgan fingerprint density at radius 2 is 1.93 bits per heavy atom. The minimum Gasteiger partial charge on any atom is -0.466 e. The van der Waals surface area contributed by atoms with Crippen molar-refractivity contribution in [3.05, 3.63) is 0 Å². The maximum atomic E-state index is 10.9. The van der Waals surface area contributed by atoms with Crippen LogP contribution in [0.2, 0.25) is 0 Å². The Labute approximate surface area is 89.6 Å². The quantitative estimate of drug-likeness (QED) is 0.642. The smallest absolute Gasteiger partial charge is 0.302 e. The van der Waals surface area contributed by atoms with E-state index in [1.165, 1.54) is 18.7 Å². The monoisotopic (exact) mass is 218 g/mol. The van der Waals surface area contributed by atoms with E-state index in [9.17, 15) is 9.59 Å². The number of ether oxygens (including phenoxy) is 1. The van der Waals surface area contributed by atoms with Crippen LogP contribution in [0.15, 0.2) is 0 Å². The molecule has 0 aliphatic rings. The average Bonchev–Trinajstić information content (AvgIpc) is 2.02. The Morgan fingerprint density at radius 1 is 1.29 bits per heavy atom. The first-order valence-corrected chi connectivity index (χ1v) is 5.74. The standard InChI is InChI=1S/C10H18O3S/c1-4-5-10(14-9(3)12)6-7-13-8(2)11/h10H,4-7H2,1-3H3/t10-/m1/s1. The Balaban J connectivity index is 3.72. The minimum atomic E-state index is -0.256. The van der Waals surface area contributed by atoms with Crippen LogP contribution in [-0.4, -0.2) is 22.9 Å². The summed E-state index contributed by atoms with van der Waals surface area (Å²) in [5.41, 5.74) is 0. The molecule has 0 aromatic rings. The number of esters is 1. The maximum absolute atomic E-state index is 10.9. The molecule has 0 saturated carbocycles. The Kier molecular flexibility index (Phi) is 7.57. The Hall–Kier alpha value is -0.510. The van der Waals surface area contributed by atoms with E-state index in [4.69, 9.17) is 4.74 Å². The molecule has 0 aliphatic carbocycles. The zero-order valence-corrected chi connectivity index (χ0v) is 9.86. The first-order chi connectivity index (χ1) is 6.56. The molecule has 0 saturated heterocycles. The van der Waals surface area contributed by atoms with E-state index in [1.54, 1.807) is 6.92 Å². The van der Waals surface area contributed by atoms with E-state index in [1.807, 2.05) is 0 Å². The normalized spacial score (nSPS) is 12.2. The SMILES string of the molecule is CCC[C@H](CCOC(C)=O)SC(C)=O. The van der Waals surface area contributed by atoms with E-state index in [-0.39, 0.29) is 16.3 Å². The molecule has 0 aliphatic heterocycles. The molecule has 14 heavy (non-hydrogen) atoms. The summed E-state index contributed by atoms with van der Waals surface area (Å²) < 4.78 is 4.84. The summed E-state index contributed by atoms with van der Waals surface area (Å²) in [6.45, 7) is 5.46. The van der Waals surface area contributed by atoms with E-state index < -0.39 is 0 Å². The molecule has 0 radical (unpaired) electrons. The van der Waals surface area contributed by atoms with Crippen LogP contribution in [0.4, 0.5) is 0 Å². The fourth-order valence-corrected chi connectivity index (χ4v) is 2.19. The lowest BCUT2D eigenvalue weighted by atomic mass is 10.2. The van der Waals surface area contributed by atoms with Gasteiger partial charge in [0.05, 0.1) is 6.61 Å². The summed E-state index contributed by atoms with van der Waals surface area (Å²) in [4.78, 5) is 21.4. The average molecular weight is 218 g/mol. The maximum Gasteiger partial charge on any atom is 0.302 e. The minimum absolute atomic E-state index is 0.131. The van der Waals surface area contributed by atoms with Crippen molar-refractivity contribution in [3.8, 4) is 0 Å². The van der Waals surface area contributed by atoms with Crippen LogP contribution in [0, 0.1) is 0 Å². The first-order valence-electron chi connectivity index (χ1n) is 4.86. The van der Waals surface area contributed by atoms with E-state index in [2.05, 4.69) is 6.92 Å². The number of carbonyl (C=O) groups excluding carboxylic acids is 2. The fraction of sp³-hybridized carbons (Fsp3) is 0.800. The van der Waals surface area contributed by atoms with Gasteiger partial charge < -0.3 is 4.74 Å². The molecular weight excluding hydrogens is 200 g/mol. The first kappa shape index (κ1) is 13.5. The lowest BCUT2D eigenvalue weighted by molar-refractivity contribution is -0.141. The third-order valence-corrected chi connectivity index (χ3v) is 2.83. The van der Waals surface area contributed by atoms with Gasteiger partial charge in [0, 0.05) is 19.1 Å². The number of rotatable bonds is 6. The van der Waals surface area contributed by atoms with Gasteiger partial charge in [0.15, 0.2) is 5.12 Å². The molecule has 0 bridgehead atoms. The van der Waals surface area contributed by atoms with Gasteiger partial charge in [-0.15, -0.1) is 0 Å². The van der Waals surface area contributed by atoms with Crippen molar-refractivity contribution in [2.75, 3.05) is 6.61 Å². The molecule has 0 N–H and O–H groups in total. The van der Waals surface area contributed by atoms with Crippen molar-refractivity contribution in [2.45, 2.75) is 45.3 Å². The molecule has 0 amide bonds. The van der Waals surface area contributed by atoms with E-state index in [0.717, 1.165) is 19.3 Å². The summed E-state index contributed by atoms with van der Waals surface area (Å²) >= 11 is 1.35. The molecule has 3 nitrogen and oxygen atoms in total. The molecule has 82 valence electrons. The van der Waals surface area contributed by atoms with Gasteiger partial charge >= 0.3 is 5.97 Å². The van der Waals surface area contributed by atoms with Crippen molar-refractivity contribution >= 4 is 22.8 Å². The van der Waals surface area contributed by atoms with Gasteiger partial charge in [0.25, 0.3) is 0 Å². The Bertz CT molecular complexity index is 192. The second-order valence-electron chi connectivity index (χ2n) is 3.15. The van der Waals surface area contributed by atoms with Crippen LogP contribution in [0.3, 0.4) is 0 Å². The summed E-state index contributed by atoms with van der Waals surface area (Å²) in [6, 6.07) is 0. The van der Waals surface area contributed by atoms with Gasteiger partial charge in [0.1, 0.15) is 0 Å². The number of carbonyl (C=O) groups is 2. The van der Waals surface area contributed by atoms with E-state index in [0.29, 0.717) is 6.61 Å². The van der Waals surface area contributed by atoms with Gasteiger partial charge in [-0.2, -0.15) is 0 Å². The van der Waals surface area contributed by atoms with Crippen LogP contribution >= 0.6 is 11.8 Å². The summed E-state index contributed by atoms with van der Waals surface area (Å²) in [5, 5.41) is 0.420. The zero-order valence-electron chi connectivity index (χ0n) is 9.04. The van der Waals surface area contributed by atoms with Gasteiger partial charge in [-0.05, 0) is 12.8 Å². The highest BCUT2D eigenvalue weighted by Gasteiger charge is 2.11. The molecule has 0 spiro atoms. The number of hydrogen-bond acceptors (Lipinski definition) is 4. The van der Waals surface area contributed by atoms with Crippen molar-refractivity contribution in [2.24, 2.45) is 0 Å². The van der Waals surface area contributed by atoms with Gasteiger partial charge in [0.2, 0.25) is 0 Å². The topological polar surface area (TPSA) is 43.4 Å². The summed E-state index contributed by atoms with van der Waals surface area (Å²) in [6.07, 6.45) is 2.80. The fourth-order valence-electron chi connectivity index (χ4n) is 1.15. The predicted molar refractivity (Wildman–Crippen MR) is 58.2 cm³/mol. The third kappa shape index (κ3) is 8.10. The summed E-state index contributed by atoms with van der Waals surface area (Å²) in [7, 11) is 0. The molecule has 0 aromatic heterocycles. The number of hydrogen-bond donors (Lipinski definition) is 0. The Morgan fingerprint density at radius 3 is 2.36 bits per heavy atom. The molecule has 0 fully saturated rings. The van der Waals surface area contributed by atoms with Crippen LogP contribution in [-0.2, 0) is 14.3 Å². The third-order valence-electron chi connectivity index (χ3n) is 1.69. The van der Waals surface area contributed by atoms with Crippen molar-refractivity contribution < 1.29 is 14.3 Å². The van der Waals surface area contributed by atoms with Crippen molar-refractivity contribution in [1.82, 2.24) is 0 Å². The zero-order chi connectivity index (χ0) is 11.0. The largest absolute Gasteiger partial charge is 0.466 e. The van der Waals surface area contributed by atoms with Crippen LogP contribution in [0.5, 0.6) is 0 Å². The highest BCUT2D eigenvalue weighted by molar-refractivity contribution is 8.14. The number of thioether (sulfide) groups is 1. The van der Waals surface area contributed by atoms with Gasteiger partial charge in [-0.25, -0.2) is 0 Å². The van der Waals surface area contributed by atoms with Crippen molar-refractivity contribution in [1.29, 1.82) is 0 Å². The molecule has 0 unspecified atom stereocenters. The molecule has 0 heterocycles. The highest BCUT2D eigenvalue weighted by atomic mass is 32.2. The van der Waals surface area contributed by atoms with Crippen LogP contribution < -0.4 is 0 Å². The van der Waals surface area contributed by atoms with Crippen LogP contribution in [0.1, 0.15) is 40.0 Å². The molecular formula is C10H18O3S. The lowest BCUT2D eigenvalue weighted by Gasteiger charge is -2.13. The molecule has 0 rings (SSSR count). The summed E-state index contributed by atoms with van der Waals surface area (Å²) in [5.74, 6) is -0.256. The second kappa shape index (κ2) is 7.85. The van der Waals surface area contributed by atoms with Crippen molar-refractivity contribution in [3.63, 3.8) is 0 Å². The molecule has 1 atom stereocenters. The lowest BCUT2D eigenvalue weighted by Crippen LogP contribution is -2.11. The second-order valence-corrected chi connectivity index (χ2v) is 4.63. The molecule has 4 heteroatoms. The van der Waals surface area contributed by atoms with Gasteiger partial charge in [-0.3, -0.25) is 9.59 Å². The van der Waals surface area contributed by atoms with Gasteiger partial charge in [-0.1, -0.05) is 25.1 Å². The van der Waals surface area contributed by atoms with Crippen LogP contribution in [0.25, 0.3) is 0 Å². The van der Waals surface area contributed by atoms with E-state index >= 15 is 0 Å². The predicted octanol–water partition coefficient (Wildman–Crippen LogP) is 2.39.